The number of aromatic nitrogens is 1. The number of nitrogens with zero attached hydrogens (tertiary/aromatic N) is 1. The fourth-order valence-electron chi connectivity index (χ4n) is 2.91. The highest BCUT2D eigenvalue weighted by Crippen LogP contribution is 2.41. The van der Waals surface area contributed by atoms with E-state index < -0.39 is 0 Å². The third-order valence-electron chi connectivity index (χ3n) is 3.91. The summed E-state index contributed by atoms with van der Waals surface area (Å²) in [6.07, 6.45) is 2.65. The molecule has 2 aromatic rings. The van der Waals surface area contributed by atoms with Crippen LogP contribution in [0.5, 0.6) is 11.5 Å². The summed E-state index contributed by atoms with van der Waals surface area (Å²) >= 11 is 6.09. The molecule has 1 aliphatic heterocycles. The van der Waals surface area contributed by atoms with Gasteiger partial charge in [0.25, 0.3) is 0 Å². The molecule has 0 saturated carbocycles. The molecule has 5 heteroatoms. The van der Waals surface area contributed by atoms with Gasteiger partial charge in [0.05, 0.1) is 6.61 Å². The molecule has 0 saturated heterocycles. The minimum absolute atomic E-state index is 0.195. The van der Waals surface area contributed by atoms with Crippen LogP contribution in [0.25, 0.3) is 11.1 Å². The molecule has 0 aliphatic carbocycles. The van der Waals surface area contributed by atoms with E-state index in [1.54, 1.807) is 6.20 Å². The second kappa shape index (κ2) is 6.77. The summed E-state index contributed by atoms with van der Waals surface area (Å²) < 4.78 is 11.6. The molecule has 0 amide bonds. The minimum Gasteiger partial charge on any atom is -0.493 e. The summed E-state index contributed by atoms with van der Waals surface area (Å²) in [5, 5.41) is 0.401. The van der Waals surface area contributed by atoms with Gasteiger partial charge in [-0.05, 0) is 43.0 Å². The standard InChI is InChI=1S/C18H21ClN2O2/c1-11(7-12(2)20)9-22-14-3-4-15-13(8-14)10-23-17-16(15)5-6-21-18(17)19/h3-6,8,11-12H,7,9-10,20H2,1-2H3. The van der Waals surface area contributed by atoms with Gasteiger partial charge in [-0.25, -0.2) is 4.98 Å². The van der Waals surface area contributed by atoms with Gasteiger partial charge in [-0.15, -0.1) is 0 Å². The normalized spacial score (nSPS) is 15.1. The lowest BCUT2D eigenvalue weighted by molar-refractivity contribution is 0.245. The summed E-state index contributed by atoms with van der Waals surface area (Å²) in [6, 6.07) is 8.19. The molecule has 2 atom stereocenters. The van der Waals surface area contributed by atoms with Crippen LogP contribution < -0.4 is 15.2 Å². The number of fused-ring (bicyclic) bond motifs is 3. The maximum atomic E-state index is 6.09. The second-order valence-corrected chi connectivity index (χ2v) is 6.57. The Balaban J connectivity index is 1.76. The lowest BCUT2D eigenvalue weighted by Gasteiger charge is -2.22. The van der Waals surface area contributed by atoms with Crippen LogP contribution in [0.15, 0.2) is 30.5 Å². The highest BCUT2D eigenvalue weighted by Gasteiger charge is 2.20. The first-order chi connectivity index (χ1) is 11.0. The summed E-state index contributed by atoms with van der Waals surface area (Å²) in [5.41, 5.74) is 9.01. The van der Waals surface area contributed by atoms with Crippen LogP contribution >= 0.6 is 11.6 Å². The number of benzene rings is 1. The van der Waals surface area contributed by atoms with Gasteiger partial charge in [-0.2, -0.15) is 0 Å². The molecule has 1 aromatic carbocycles. The highest BCUT2D eigenvalue weighted by atomic mass is 35.5. The number of hydrogen-bond donors (Lipinski definition) is 1. The third-order valence-corrected chi connectivity index (χ3v) is 4.18. The van der Waals surface area contributed by atoms with E-state index in [1.165, 1.54) is 0 Å². The highest BCUT2D eigenvalue weighted by molar-refractivity contribution is 6.31. The third kappa shape index (κ3) is 3.59. The fraction of sp³-hybridized carbons (Fsp3) is 0.389. The zero-order valence-electron chi connectivity index (χ0n) is 13.4. The van der Waals surface area contributed by atoms with Crippen LogP contribution in [0.2, 0.25) is 5.15 Å². The quantitative estimate of drug-likeness (QED) is 0.839. The van der Waals surface area contributed by atoms with Gasteiger partial charge in [-0.1, -0.05) is 24.6 Å². The second-order valence-electron chi connectivity index (χ2n) is 6.22. The van der Waals surface area contributed by atoms with Crippen molar-refractivity contribution in [3.8, 4) is 22.6 Å². The van der Waals surface area contributed by atoms with Crippen molar-refractivity contribution in [1.82, 2.24) is 4.98 Å². The first kappa shape index (κ1) is 16.1. The molecule has 0 radical (unpaired) electrons. The van der Waals surface area contributed by atoms with Gasteiger partial charge in [0.1, 0.15) is 12.4 Å². The van der Waals surface area contributed by atoms with Gasteiger partial charge in [-0.3, -0.25) is 0 Å². The molecule has 4 nitrogen and oxygen atoms in total. The lowest BCUT2D eigenvalue weighted by Crippen LogP contribution is -2.21. The van der Waals surface area contributed by atoms with E-state index in [9.17, 15) is 0 Å². The van der Waals surface area contributed by atoms with E-state index >= 15 is 0 Å². The van der Waals surface area contributed by atoms with Crippen molar-refractivity contribution >= 4 is 11.6 Å². The molecule has 0 bridgehead atoms. The van der Waals surface area contributed by atoms with E-state index in [0.29, 0.717) is 30.0 Å². The molecule has 1 aliphatic rings. The molecule has 122 valence electrons. The van der Waals surface area contributed by atoms with E-state index in [4.69, 9.17) is 26.8 Å². The van der Waals surface area contributed by atoms with Crippen LogP contribution in [-0.4, -0.2) is 17.6 Å². The van der Waals surface area contributed by atoms with Crippen molar-refractivity contribution in [3.63, 3.8) is 0 Å². The van der Waals surface area contributed by atoms with Gasteiger partial charge in [0, 0.05) is 23.4 Å². The Morgan fingerprint density at radius 2 is 2.13 bits per heavy atom. The number of hydrogen-bond acceptors (Lipinski definition) is 4. The van der Waals surface area contributed by atoms with Crippen LogP contribution in [0.1, 0.15) is 25.8 Å². The molecular formula is C18H21ClN2O2. The zero-order chi connectivity index (χ0) is 16.4. The van der Waals surface area contributed by atoms with Crippen LogP contribution in [-0.2, 0) is 6.61 Å². The van der Waals surface area contributed by atoms with E-state index in [2.05, 4.69) is 18.0 Å². The van der Waals surface area contributed by atoms with Gasteiger partial charge >= 0.3 is 0 Å². The molecule has 2 N–H and O–H groups in total. The average Bonchev–Trinajstić information content (AvgIpc) is 2.52. The molecule has 2 heterocycles. The predicted octanol–water partition coefficient (Wildman–Crippen LogP) is 4.05. The topological polar surface area (TPSA) is 57.4 Å². The van der Waals surface area contributed by atoms with E-state index in [0.717, 1.165) is 28.9 Å². The summed E-state index contributed by atoms with van der Waals surface area (Å²) in [5.74, 6) is 1.93. The first-order valence-corrected chi connectivity index (χ1v) is 8.21. The maximum absolute atomic E-state index is 6.09. The molecule has 0 spiro atoms. The Labute approximate surface area is 141 Å². The van der Waals surface area contributed by atoms with Crippen LogP contribution in [0, 0.1) is 5.92 Å². The maximum Gasteiger partial charge on any atom is 0.171 e. The van der Waals surface area contributed by atoms with Crippen molar-refractivity contribution < 1.29 is 9.47 Å². The Bertz CT molecular complexity index is 703. The fourth-order valence-corrected chi connectivity index (χ4v) is 3.12. The molecule has 0 fully saturated rings. The predicted molar refractivity (Wildman–Crippen MR) is 91.9 cm³/mol. The summed E-state index contributed by atoms with van der Waals surface area (Å²) in [4.78, 5) is 4.06. The molecular weight excluding hydrogens is 312 g/mol. The first-order valence-electron chi connectivity index (χ1n) is 7.83. The van der Waals surface area contributed by atoms with E-state index in [1.807, 2.05) is 25.1 Å². The Morgan fingerprint density at radius 1 is 1.30 bits per heavy atom. The number of pyridine rings is 1. The summed E-state index contributed by atoms with van der Waals surface area (Å²) in [6.45, 7) is 5.30. The van der Waals surface area contributed by atoms with Gasteiger partial charge < -0.3 is 15.2 Å². The molecule has 2 unspecified atom stereocenters. The van der Waals surface area contributed by atoms with Gasteiger partial charge in [0.15, 0.2) is 10.9 Å². The van der Waals surface area contributed by atoms with Crippen LogP contribution in [0.3, 0.4) is 0 Å². The van der Waals surface area contributed by atoms with Crippen molar-refractivity contribution in [2.45, 2.75) is 32.9 Å². The Hall–Kier alpha value is -1.78. The van der Waals surface area contributed by atoms with Crippen molar-refractivity contribution in [2.24, 2.45) is 11.7 Å². The molecule has 23 heavy (non-hydrogen) atoms. The molecule has 3 rings (SSSR count). The zero-order valence-corrected chi connectivity index (χ0v) is 14.1. The number of rotatable bonds is 5. The van der Waals surface area contributed by atoms with Crippen molar-refractivity contribution in [3.05, 3.63) is 41.2 Å². The van der Waals surface area contributed by atoms with E-state index in [-0.39, 0.29) is 6.04 Å². The van der Waals surface area contributed by atoms with Crippen molar-refractivity contribution in [2.75, 3.05) is 6.61 Å². The monoisotopic (exact) mass is 332 g/mol. The SMILES string of the molecule is CC(N)CC(C)COc1ccc2c(c1)COc1c-2ccnc1Cl. The summed E-state index contributed by atoms with van der Waals surface area (Å²) in [7, 11) is 0. The number of nitrogens with two attached hydrogens (primary N) is 1. The van der Waals surface area contributed by atoms with Crippen molar-refractivity contribution in [1.29, 1.82) is 0 Å². The minimum atomic E-state index is 0.195. The molecule has 1 aromatic heterocycles. The average molecular weight is 333 g/mol. The Morgan fingerprint density at radius 3 is 2.91 bits per heavy atom. The lowest BCUT2D eigenvalue weighted by atomic mass is 9.98. The number of ether oxygens (including phenoxy) is 2. The van der Waals surface area contributed by atoms with Gasteiger partial charge in [0.2, 0.25) is 0 Å². The largest absolute Gasteiger partial charge is 0.493 e. The van der Waals surface area contributed by atoms with Crippen LogP contribution in [0.4, 0.5) is 0 Å². The smallest absolute Gasteiger partial charge is 0.171 e. The Kier molecular flexibility index (Phi) is 4.74. The number of halogens is 1.